The number of nitrogens with zero attached hydrogens (tertiary/aromatic N) is 6. The zero-order chi connectivity index (χ0) is 21.1. The second-order valence-electron chi connectivity index (χ2n) is 6.77. The van der Waals surface area contributed by atoms with E-state index in [0.29, 0.717) is 27.8 Å². The van der Waals surface area contributed by atoms with Crippen molar-refractivity contribution in [1.82, 2.24) is 30.7 Å². The molecule has 1 aromatic carbocycles. The number of nitrogen functional groups attached to an aromatic ring is 1. The first-order valence-corrected chi connectivity index (χ1v) is 9.93. The third-order valence-electron chi connectivity index (χ3n) is 4.73. The van der Waals surface area contributed by atoms with Crippen LogP contribution in [0.5, 0.6) is 0 Å². The lowest BCUT2D eigenvalue weighted by atomic mass is 10.2. The molecule has 3 heterocycles. The standard InChI is InChI=1S/C17H17Cl2N9O2/c18-11-4-3-10(12(19)7-11)8-21-23-17(29)14-13(9-27-5-1-2-6-27)28(26-22-14)16-15(20)24-30-25-16/h3-4,7-8H,1-2,5-6,9H2,(H2,20,24)(H,23,29)/p+1/b21-8-. The van der Waals surface area contributed by atoms with Gasteiger partial charge in [0.1, 0.15) is 12.2 Å². The van der Waals surface area contributed by atoms with Crippen LogP contribution < -0.4 is 16.1 Å². The lowest BCUT2D eigenvalue weighted by Gasteiger charge is -2.12. The van der Waals surface area contributed by atoms with Crippen molar-refractivity contribution < 1.29 is 14.3 Å². The van der Waals surface area contributed by atoms with Crippen molar-refractivity contribution in [2.45, 2.75) is 19.4 Å². The average Bonchev–Trinajstić information content (AvgIpc) is 3.45. The minimum absolute atomic E-state index is 0.0555. The van der Waals surface area contributed by atoms with Gasteiger partial charge in [-0.1, -0.05) is 34.5 Å². The Balaban J connectivity index is 1.57. The van der Waals surface area contributed by atoms with Crippen LogP contribution in [0.15, 0.2) is 27.9 Å². The summed E-state index contributed by atoms with van der Waals surface area (Å²) in [5.41, 5.74) is 9.52. The number of nitrogens with two attached hydrogens (primary N) is 1. The molecule has 0 saturated carbocycles. The SMILES string of the molecule is Nc1nonc1-n1nnc(C(=O)N/N=C\c2ccc(Cl)cc2Cl)c1C[NH+]1CCCC1. The molecule has 1 aliphatic rings. The third-order valence-corrected chi connectivity index (χ3v) is 5.30. The molecule has 11 nitrogen and oxygen atoms in total. The Morgan fingerprint density at radius 2 is 2.13 bits per heavy atom. The number of carbonyl (C=O) groups excluding carboxylic acids is 1. The summed E-state index contributed by atoms with van der Waals surface area (Å²) in [6, 6.07) is 4.96. The smallest absolute Gasteiger partial charge is 0.294 e. The first kappa shape index (κ1) is 20.3. The van der Waals surface area contributed by atoms with Gasteiger partial charge in [0.2, 0.25) is 11.6 Å². The average molecular weight is 451 g/mol. The van der Waals surface area contributed by atoms with Crippen molar-refractivity contribution >= 4 is 41.1 Å². The van der Waals surface area contributed by atoms with Gasteiger partial charge in [-0.15, -0.1) is 5.10 Å². The van der Waals surface area contributed by atoms with E-state index in [1.54, 1.807) is 18.2 Å². The van der Waals surface area contributed by atoms with Gasteiger partial charge in [-0.2, -0.15) is 9.78 Å². The van der Waals surface area contributed by atoms with E-state index in [0.717, 1.165) is 25.9 Å². The van der Waals surface area contributed by atoms with Crippen molar-refractivity contribution in [3.05, 3.63) is 45.2 Å². The van der Waals surface area contributed by atoms with Crippen molar-refractivity contribution in [3.8, 4) is 5.82 Å². The molecule has 4 N–H and O–H groups in total. The van der Waals surface area contributed by atoms with E-state index < -0.39 is 5.91 Å². The van der Waals surface area contributed by atoms with E-state index in [1.807, 2.05) is 0 Å². The Labute approximate surface area is 180 Å². The fourth-order valence-electron chi connectivity index (χ4n) is 3.25. The first-order chi connectivity index (χ1) is 14.5. The highest BCUT2D eigenvalue weighted by Gasteiger charge is 2.28. The number of quaternary nitrogens is 1. The minimum Gasteiger partial charge on any atom is -0.378 e. The van der Waals surface area contributed by atoms with Crippen LogP contribution in [0, 0.1) is 0 Å². The summed E-state index contributed by atoms with van der Waals surface area (Å²) in [7, 11) is 0. The van der Waals surface area contributed by atoms with Crippen LogP contribution in [-0.4, -0.2) is 50.5 Å². The maximum Gasteiger partial charge on any atom is 0.294 e. The molecule has 13 heteroatoms. The summed E-state index contributed by atoms with van der Waals surface area (Å²) in [5.74, 6) is -0.280. The van der Waals surface area contributed by atoms with E-state index >= 15 is 0 Å². The maximum atomic E-state index is 12.7. The summed E-state index contributed by atoms with van der Waals surface area (Å²) in [4.78, 5) is 14.0. The fourth-order valence-corrected chi connectivity index (χ4v) is 3.71. The van der Waals surface area contributed by atoms with Crippen LogP contribution in [0.1, 0.15) is 34.6 Å². The molecule has 156 valence electrons. The minimum atomic E-state index is -0.522. The summed E-state index contributed by atoms with van der Waals surface area (Å²) in [6.45, 7) is 2.51. The summed E-state index contributed by atoms with van der Waals surface area (Å²) in [5, 5.41) is 20.3. The van der Waals surface area contributed by atoms with Gasteiger partial charge >= 0.3 is 0 Å². The van der Waals surface area contributed by atoms with E-state index in [-0.39, 0.29) is 17.3 Å². The van der Waals surface area contributed by atoms with E-state index in [1.165, 1.54) is 15.8 Å². The number of nitrogens with one attached hydrogen (secondary N) is 2. The van der Waals surface area contributed by atoms with Gasteiger partial charge in [0.15, 0.2) is 5.69 Å². The monoisotopic (exact) mass is 450 g/mol. The highest BCUT2D eigenvalue weighted by atomic mass is 35.5. The zero-order valence-electron chi connectivity index (χ0n) is 15.7. The second kappa shape index (κ2) is 8.78. The van der Waals surface area contributed by atoms with E-state index in [9.17, 15) is 4.79 Å². The number of hydrogen-bond donors (Lipinski definition) is 3. The second-order valence-corrected chi connectivity index (χ2v) is 7.61. The van der Waals surface area contributed by atoms with Crippen LogP contribution in [0.2, 0.25) is 10.0 Å². The Kier molecular flexibility index (Phi) is 5.93. The number of likely N-dealkylation sites (tertiary alicyclic amines) is 1. The molecule has 1 aliphatic heterocycles. The Morgan fingerprint density at radius 3 is 2.83 bits per heavy atom. The Hall–Kier alpha value is -3.02. The number of aromatic nitrogens is 5. The van der Waals surface area contributed by atoms with Crippen molar-refractivity contribution in [3.63, 3.8) is 0 Å². The van der Waals surface area contributed by atoms with Gasteiger partial charge in [-0.25, -0.2) is 10.1 Å². The quantitative estimate of drug-likeness (QED) is 0.366. The number of benzene rings is 1. The van der Waals surface area contributed by atoms with Crippen LogP contribution >= 0.6 is 23.2 Å². The molecule has 3 aromatic rings. The number of hydrazone groups is 1. The van der Waals surface area contributed by atoms with Gasteiger partial charge in [0.05, 0.1) is 24.3 Å². The predicted molar refractivity (Wildman–Crippen MR) is 109 cm³/mol. The molecule has 1 fully saturated rings. The highest BCUT2D eigenvalue weighted by molar-refractivity contribution is 6.36. The lowest BCUT2D eigenvalue weighted by Crippen LogP contribution is -3.08. The van der Waals surface area contributed by atoms with Gasteiger partial charge in [0, 0.05) is 23.4 Å². The van der Waals surface area contributed by atoms with Gasteiger partial charge < -0.3 is 10.6 Å². The molecule has 1 saturated heterocycles. The summed E-state index contributed by atoms with van der Waals surface area (Å²) >= 11 is 12.0. The Bertz CT molecular complexity index is 1090. The number of hydrogen-bond acceptors (Lipinski definition) is 8. The van der Waals surface area contributed by atoms with E-state index in [2.05, 4.69) is 35.8 Å². The van der Waals surface area contributed by atoms with Crippen molar-refractivity contribution in [2.24, 2.45) is 5.10 Å². The first-order valence-electron chi connectivity index (χ1n) is 9.18. The number of amides is 1. The van der Waals surface area contributed by atoms with Crippen molar-refractivity contribution in [1.29, 1.82) is 0 Å². The molecule has 0 aliphatic carbocycles. The van der Waals surface area contributed by atoms with Crippen LogP contribution in [0.25, 0.3) is 5.82 Å². The molecule has 0 bridgehead atoms. The molecule has 1 amide bonds. The molecule has 2 aromatic heterocycles. The number of carbonyl (C=O) groups is 1. The third kappa shape index (κ3) is 4.27. The zero-order valence-corrected chi connectivity index (χ0v) is 17.2. The molecule has 0 radical (unpaired) electrons. The van der Waals surface area contributed by atoms with Gasteiger partial charge in [0.25, 0.3) is 5.91 Å². The number of anilines is 1. The predicted octanol–water partition coefficient (Wildman–Crippen LogP) is 0.482. The molecule has 0 spiro atoms. The maximum absolute atomic E-state index is 12.7. The van der Waals surface area contributed by atoms with Crippen LogP contribution in [0.4, 0.5) is 5.82 Å². The van der Waals surface area contributed by atoms with E-state index in [4.69, 9.17) is 28.9 Å². The van der Waals surface area contributed by atoms with Crippen LogP contribution in [-0.2, 0) is 6.54 Å². The van der Waals surface area contributed by atoms with Crippen molar-refractivity contribution in [2.75, 3.05) is 18.8 Å². The molecule has 4 rings (SSSR count). The Morgan fingerprint density at radius 1 is 1.33 bits per heavy atom. The molecular formula is C17H18Cl2N9O2+. The van der Waals surface area contributed by atoms with Gasteiger partial charge in [-0.05, 0) is 22.4 Å². The summed E-state index contributed by atoms with van der Waals surface area (Å²) in [6.07, 6.45) is 3.67. The lowest BCUT2D eigenvalue weighted by molar-refractivity contribution is -0.901. The molecule has 30 heavy (non-hydrogen) atoms. The van der Waals surface area contributed by atoms with Gasteiger partial charge in [-0.3, -0.25) is 4.79 Å². The highest BCUT2D eigenvalue weighted by Crippen LogP contribution is 2.19. The number of halogens is 2. The fraction of sp³-hybridized carbons (Fsp3) is 0.294. The molecule has 0 atom stereocenters. The molecular weight excluding hydrogens is 433 g/mol. The number of rotatable bonds is 6. The van der Waals surface area contributed by atoms with Crippen LogP contribution in [0.3, 0.4) is 0 Å². The normalized spacial score (nSPS) is 14.6. The largest absolute Gasteiger partial charge is 0.378 e. The molecule has 0 unspecified atom stereocenters. The topological polar surface area (TPSA) is 142 Å². The summed E-state index contributed by atoms with van der Waals surface area (Å²) < 4.78 is 6.04.